The highest BCUT2D eigenvalue weighted by atomic mass is 32.2. The van der Waals surface area contributed by atoms with Crippen LogP contribution in [0.1, 0.15) is 5.56 Å². The highest BCUT2D eigenvalue weighted by molar-refractivity contribution is 8.13. The van der Waals surface area contributed by atoms with Crippen molar-refractivity contribution < 1.29 is 4.79 Å². The van der Waals surface area contributed by atoms with Gasteiger partial charge in [-0.05, 0) is 11.8 Å². The summed E-state index contributed by atoms with van der Waals surface area (Å²) in [6.45, 7) is -0.0183. The average molecular weight is 269 g/mol. The van der Waals surface area contributed by atoms with Crippen molar-refractivity contribution in [1.82, 2.24) is 9.55 Å². The van der Waals surface area contributed by atoms with E-state index in [4.69, 9.17) is 5.26 Å². The number of fused-ring (bicyclic) bond motifs is 1. The predicted octanol–water partition coefficient (Wildman–Crippen LogP) is 1.41. The number of hydrogen-bond donors (Lipinski definition) is 0. The van der Waals surface area contributed by atoms with Crippen LogP contribution in [0.25, 0.3) is 11.3 Å². The number of carbonyl (C=O) groups excluding carboxylic acids is 1. The Morgan fingerprint density at radius 1 is 1.26 bits per heavy atom. The van der Waals surface area contributed by atoms with Crippen LogP contribution in [0.15, 0.2) is 40.3 Å². The molecule has 0 saturated carbocycles. The van der Waals surface area contributed by atoms with Crippen molar-refractivity contribution in [2.24, 2.45) is 0 Å². The first kappa shape index (κ1) is 11.7. The Bertz CT molecular complexity index is 775. The van der Waals surface area contributed by atoms with Gasteiger partial charge in [0, 0.05) is 5.56 Å². The van der Waals surface area contributed by atoms with Gasteiger partial charge in [-0.3, -0.25) is 14.2 Å². The van der Waals surface area contributed by atoms with Gasteiger partial charge in [-0.2, -0.15) is 5.26 Å². The second-order valence-electron chi connectivity index (χ2n) is 3.96. The molecule has 0 bridgehead atoms. The lowest BCUT2D eigenvalue weighted by Crippen LogP contribution is -2.24. The van der Waals surface area contributed by atoms with Crippen LogP contribution in [0.4, 0.5) is 0 Å². The van der Waals surface area contributed by atoms with Gasteiger partial charge >= 0.3 is 0 Å². The number of hydrogen-bond acceptors (Lipinski definition) is 5. The molecule has 0 aliphatic carbocycles. The second kappa shape index (κ2) is 4.37. The minimum atomic E-state index is -0.454. The van der Waals surface area contributed by atoms with E-state index in [0.29, 0.717) is 16.4 Å². The van der Waals surface area contributed by atoms with Gasteiger partial charge in [0.1, 0.15) is 11.6 Å². The van der Waals surface area contributed by atoms with Gasteiger partial charge in [-0.15, -0.1) is 0 Å². The van der Waals surface area contributed by atoms with Gasteiger partial charge < -0.3 is 0 Å². The van der Waals surface area contributed by atoms with Gasteiger partial charge in [0.25, 0.3) is 5.56 Å². The van der Waals surface area contributed by atoms with Crippen molar-refractivity contribution in [3.05, 3.63) is 46.2 Å². The first-order chi connectivity index (χ1) is 9.20. The fraction of sp³-hybridized carbons (Fsp3) is 0.0769. The largest absolute Gasteiger partial charge is 0.285 e. The molecule has 0 fully saturated rings. The number of aromatic nitrogens is 2. The third-order valence-corrected chi connectivity index (χ3v) is 3.64. The molecule has 19 heavy (non-hydrogen) atoms. The first-order valence-corrected chi connectivity index (χ1v) is 6.33. The van der Waals surface area contributed by atoms with E-state index in [9.17, 15) is 9.59 Å². The first-order valence-electron chi connectivity index (χ1n) is 5.51. The summed E-state index contributed by atoms with van der Waals surface area (Å²) in [7, 11) is 0. The summed E-state index contributed by atoms with van der Waals surface area (Å²) in [4.78, 5) is 27.8. The SMILES string of the molecule is N#Cc1c(-c2ccccc2)nc2n(c1=O)CC(=O)S2. The number of carbonyl (C=O) groups is 1. The maximum atomic E-state index is 12.2. The lowest BCUT2D eigenvalue weighted by Gasteiger charge is -2.06. The number of benzene rings is 1. The highest BCUT2D eigenvalue weighted by Crippen LogP contribution is 2.27. The molecule has 0 amide bonds. The van der Waals surface area contributed by atoms with Crippen LogP contribution < -0.4 is 5.56 Å². The Labute approximate surface area is 112 Å². The third-order valence-electron chi connectivity index (χ3n) is 2.79. The lowest BCUT2D eigenvalue weighted by molar-refractivity contribution is -0.111. The number of nitrogens with zero attached hydrogens (tertiary/aromatic N) is 3. The molecule has 1 aliphatic rings. The van der Waals surface area contributed by atoms with Crippen LogP contribution in [0.2, 0.25) is 0 Å². The zero-order valence-corrected chi connectivity index (χ0v) is 10.5. The zero-order valence-electron chi connectivity index (χ0n) is 9.66. The smallest absolute Gasteiger partial charge is 0.273 e. The quantitative estimate of drug-likeness (QED) is 0.732. The normalized spacial score (nSPS) is 13.1. The molecule has 2 heterocycles. The fourth-order valence-electron chi connectivity index (χ4n) is 1.92. The van der Waals surface area contributed by atoms with Crippen LogP contribution in [-0.4, -0.2) is 14.7 Å². The van der Waals surface area contributed by atoms with Crippen LogP contribution >= 0.6 is 11.8 Å². The van der Waals surface area contributed by atoms with E-state index >= 15 is 0 Å². The van der Waals surface area contributed by atoms with Gasteiger partial charge in [-0.25, -0.2) is 4.98 Å². The van der Waals surface area contributed by atoms with Crippen molar-refractivity contribution in [1.29, 1.82) is 5.26 Å². The Hall–Kier alpha value is -2.39. The third kappa shape index (κ3) is 1.84. The lowest BCUT2D eigenvalue weighted by atomic mass is 10.1. The molecule has 1 aromatic heterocycles. The van der Waals surface area contributed by atoms with Crippen molar-refractivity contribution in [2.75, 3.05) is 0 Å². The molecule has 0 spiro atoms. The summed E-state index contributed by atoms with van der Waals surface area (Å²) in [5.74, 6) is 0. The van der Waals surface area contributed by atoms with Gasteiger partial charge in [0.05, 0.1) is 12.2 Å². The standard InChI is InChI=1S/C13H7N3O2S/c14-6-9-11(8-4-2-1-3-5-8)15-13-16(12(9)18)7-10(17)19-13/h1-5H,7H2. The average Bonchev–Trinajstić information content (AvgIpc) is 2.80. The Balaban J connectivity index is 2.31. The van der Waals surface area contributed by atoms with E-state index in [2.05, 4.69) is 4.98 Å². The van der Waals surface area contributed by atoms with Crippen LogP contribution in [0.3, 0.4) is 0 Å². The van der Waals surface area contributed by atoms with E-state index in [1.165, 1.54) is 4.57 Å². The van der Waals surface area contributed by atoms with Crippen molar-refractivity contribution in [3.63, 3.8) is 0 Å². The van der Waals surface area contributed by atoms with Crippen LogP contribution in [0.5, 0.6) is 0 Å². The molecule has 0 radical (unpaired) electrons. The monoisotopic (exact) mass is 269 g/mol. The van der Waals surface area contributed by atoms with Crippen LogP contribution in [0, 0.1) is 11.3 Å². The van der Waals surface area contributed by atoms with Crippen LogP contribution in [-0.2, 0) is 11.3 Å². The minimum Gasteiger partial charge on any atom is -0.285 e. The molecular weight excluding hydrogens is 262 g/mol. The molecule has 3 rings (SSSR count). The Morgan fingerprint density at radius 3 is 2.68 bits per heavy atom. The number of thioether (sulfide) groups is 1. The molecule has 0 atom stereocenters. The maximum absolute atomic E-state index is 12.2. The number of rotatable bonds is 1. The number of nitriles is 1. The summed E-state index contributed by atoms with van der Waals surface area (Å²) in [5, 5.41) is 9.38. The molecule has 0 N–H and O–H groups in total. The summed E-state index contributed by atoms with van der Waals surface area (Å²) in [5.41, 5.74) is 0.552. The van der Waals surface area contributed by atoms with Crippen molar-refractivity contribution in [3.8, 4) is 17.3 Å². The summed E-state index contributed by atoms with van der Waals surface area (Å²) < 4.78 is 1.25. The maximum Gasteiger partial charge on any atom is 0.273 e. The molecular formula is C13H7N3O2S. The molecule has 1 aromatic carbocycles. The topological polar surface area (TPSA) is 75.8 Å². The predicted molar refractivity (Wildman–Crippen MR) is 69.5 cm³/mol. The van der Waals surface area contributed by atoms with E-state index in [1.807, 2.05) is 12.1 Å². The highest BCUT2D eigenvalue weighted by Gasteiger charge is 2.26. The molecule has 0 saturated heterocycles. The second-order valence-corrected chi connectivity index (χ2v) is 4.99. The van der Waals surface area contributed by atoms with Gasteiger partial charge in [0.15, 0.2) is 5.16 Å². The summed E-state index contributed by atoms with van der Waals surface area (Å²) in [6.07, 6.45) is 0. The van der Waals surface area contributed by atoms with E-state index in [1.54, 1.807) is 24.3 Å². The Kier molecular flexibility index (Phi) is 2.69. The van der Waals surface area contributed by atoms with E-state index in [-0.39, 0.29) is 17.2 Å². The summed E-state index contributed by atoms with van der Waals surface area (Å²) in [6, 6.07) is 10.9. The van der Waals surface area contributed by atoms with Crippen molar-refractivity contribution >= 4 is 16.9 Å². The summed E-state index contributed by atoms with van der Waals surface area (Å²) >= 11 is 0.937. The van der Waals surface area contributed by atoms with Gasteiger partial charge in [-0.1, -0.05) is 30.3 Å². The van der Waals surface area contributed by atoms with Crippen molar-refractivity contribution in [2.45, 2.75) is 11.7 Å². The minimum absolute atomic E-state index is 0.0183. The molecule has 1 aliphatic heterocycles. The van der Waals surface area contributed by atoms with Gasteiger partial charge in [0.2, 0.25) is 5.12 Å². The fourth-order valence-corrected chi connectivity index (χ4v) is 2.71. The molecule has 0 unspecified atom stereocenters. The molecule has 92 valence electrons. The van der Waals surface area contributed by atoms with E-state index in [0.717, 1.165) is 11.8 Å². The molecule has 2 aromatic rings. The van der Waals surface area contributed by atoms with E-state index < -0.39 is 5.56 Å². The Morgan fingerprint density at radius 2 is 2.00 bits per heavy atom. The molecule has 6 heteroatoms. The molecule has 5 nitrogen and oxygen atoms in total. The zero-order chi connectivity index (χ0) is 13.4.